The minimum atomic E-state index is -6.01. The van der Waals surface area contributed by atoms with Gasteiger partial charge in [-0.15, -0.1) is 4.67 Å². The van der Waals surface area contributed by atoms with Gasteiger partial charge in [-0.2, -0.15) is 12.9 Å². The van der Waals surface area contributed by atoms with Crippen LogP contribution in [0.3, 0.4) is 0 Å². The summed E-state index contributed by atoms with van der Waals surface area (Å²) in [5.74, 6) is -1.91. The summed E-state index contributed by atoms with van der Waals surface area (Å²) in [5, 5.41) is 22.4. The van der Waals surface area contributed by atoms with Gasteiger partial charge in [0, 0.05) is 30.3 Å². The lowest BCUT2D eigenvalue weighted by atomic mass is 9.95. The lowest BCUT2D eigenvalue weighted by Gasteiger charge is -2.21. The smallest absolute Gasteiger partial charge is 0.390 e. The standard InChI is InChI=1S/C20H29N3O19P4/c1-2-10-36-43(29,30)40-45(33,34)42-46(35,39-28)41-44(31,32)37-12-15-18(26)14(11-17(25)21-13-6-4-3-5-7-13)19(38-15)23-9-8-16(24)22-20(23)27/h3-9,14-15,18-19,26,28H,2,10-12H2,1H3,(H,21,25)(H,29,30)(H,31,32)(H,33,34)(H,22,24,27)/t14?,15-,18-,19-,46?/m1/s1. The maximum absolute atomic E-state index is 12.8. The topological polar surface area (TPSA) is 318 Å². The molecule has 2 aromatic rings. The number of phosphoric ester groups is 2. The molecule has 1 aromatic carbocycles. The first-order valence-electron chi connectivity index (χ1n) is 12.7. The van der Waals surface area contributed by atoms with Crippen molar-refractivity contribution in [2.75, 3.05) is 18.5 Å². The van der Waals surface area contributed by atoms with Crippen LogP contribution in [-0.2, 0) is 54.4 Å². The molecule has 22 nitrogen and oxygen atoms in total. The average Bonchev–Trinajstić information content (AvgIpc) is 3.24. The number of ether oxygens (including phenoxy) is 1. The minimum Gasteiger partial charge on any atom is -0.390 e. The van der Waals surface area contributed by atoms with E-state index in [-0.39, 0.29) is 6.42 Å². The molecular formula is C20H29N3O19P4. The third-order valence-electron chi connectivity index (χ3n) is 5.68. The van der Waals surface area contributed by atoms with Gasteiger partial charge in [-0.05, 0) is 18.6 Å². The monoisotopic (exact) mass is 739 g/mol. The summed E-state index contributed by atoms with van der Waals surface area (Å²) < 4.78 is 79.0. The largest absolute Gasteiger partial charge is 0.519 e. The van der Waals surface area contributed by atoms with Gasteiger partial charge < -0.3 is 29.8 Å². The summed E-state index contributed by atoms with van der Waals surface area (Å²) in [6.07, 6.45) is -4.17. The summed E-state index contributed by atoms with van der Waals surface area (Å²) in [5.41, 5.74) is -1.39. The number of aliphatic hydroxyl groups excluding tert-OH is 1. The Morgan fingerprint density at radius 3 is 2.22 bits per heavy atom. The Hall–Kier alpha value is -2.19. The number of rotatable bonds is 17. The molecule has 1 saturated heterocycles. The van der Waals surface area contributed by atoms with Gasteiger partial charge in [-0.1, -0.05) is 25.1 Å². The molecule has 1 aliphatic rings. The zero-order valence-corrected chi connectivity index (χ0v) is 26.9. The number of H-pyrrole nitrogens is 1. The predicted octanol–water partition coefficient (Wildman–Crippen LogP) is 1.83. The number of aliphatic hydroxyl groups is 1. The zero-order valence-electron chi connectivity index (χ0n) is 23.4. The van der Waals surface area contributed by atoms with Crippen LogP contribution in [0, 0.1) is 5.92 Å². The van der Waals surface area contributed by atoms with Gasteiger partial charge in [0.25, 0.3) is 5.56 Å². The van der Waals surface area contributed by atoms with E-state index in [9.17, 15) is 52.4 Å². The molecule has 2 heterocycles. The van der Waals surface area contributed by atoms with Gasteiger partial charge in [0.15, 0.2) is 0 Å². The molecule has 1 amide bonds. The quantitative estimate of drug-likeness (QED) is 0.0691. The average molecular weight is 739 g/mol. The second-order valence-electron chi connectivity index (χ2n) is 9.16. The second kappa shape index (κ2) is 15.8. The fourth-order valence-electron chi connectivity index (χ4n) is 3.88. The fourth-order valence-corrected chi connectivity index (χ4v) is 9.08. The van der Waals surface area contributed by atoms with Crippen molar-refractivity contribution in [2.24, 2.45) is 5.92 Å². The van der Waals surface area contributed by atoms with E-state index in [0.717, 1.165) is 16.8 Å². The first kappa shape index (κ1) is 38.3. The van der Waals surface area contributed by atoms with E-state index in [2.05, 4.69) is 32.0 Å². The molecule has 0 bridgehead atoms. The number of phosphoric acid groups is 4. The van der Waals surface area contributed by atoms with Crippen LogP contribution in [-0.4, -0.2) is 65.9 Å². The molecule has 258 valence electrons. The highest BCUT2D eigenvalue weighted by Gasteiger charge is 2.50. The normalized spacial score (nSPS) is 25.1. The highest BCUT2D eigenvalue weighted by Crippen LogP contribution is 2.73. The summed E-state index contributed by atoms with van der Waals surface area (Å²) in [7, 11) is -23.1. The van der Waals surface area contributed by atoms with Crippen LogP contribution < -0.4 is 16.6 Å². The van der Waals surface area contributed by atoms with Crippen molar-refractivity contribution in [2.45, 2.75) is 38.2 Å². The number of anilines is 1. The maximum Gasteiger partial charge on any atom is 0.519 e. The maximum atomic E-state index is 12.8. The third kappa shape index (κ3) is 11.2. The Labute approximate surface area is 258 Å². The van der Waals surface area contributed by atoms with E-state index in [4.69, 9.17) is 9.99 Å². The molecule has 46 heavy (non-hydrogen) atoms. The predicted molar refractivity (Wildman–Crippen MR) is 151 cm³/mol. The molecular weight excluding hydrogens is 710 g/mol. The fraction of sp³-hybridized carbons (Fsp3) is 0.450. The first-order valence-corrected chi connectivity index (χ1v) is 18.7. The number of carbonyl (C=O) groups is 1. The lowest BCUT2D eigenvalue weighted by Crippen LogP contribution is -2.36. The van der Waals surface area contributed by atoms with E-state index < -0.39 is 92.4 Å². The molecule has 0 aliphatic carbocycles. The number of benzene rings is 1. The van der Waals surface area contributed by atoms with Gasteiger partial charge in [-0.3, -0.25) is 28.2 Å². The first-order chi connectivity index (χ1) is 21.4. The summed E-state index contributed by atoms with van der Waals surface area (Å²) in [6.45, 7) is -0.0724. The number of amides is 1. The molecule has 1 aliphatic heterocycles. The van der Waals surface area contributed by atoms with Crippen molar-refractivity contribution < 1.29 is 79.5 Å². The van der Waals surface area contributed by atoms with Gasteiger partial charge >= 0.3 is 37.0 Å². The van der Waals surface area contributed by atoms with Crippen LogP contribution in [0.5, 0.6) is 0 Å². The van der Waals surface area contributed by atoms with Crippen LogP contribution in [0.15, 0.2) is 52.2 Å². The molecule has 5 unspecified atom stereocenters. The van der Waals surface area contributed by atoms with Crippen molar-refractivity contribution in [1.82, 2.24) is 9.55 Å². The number of aromatic nitrogens is 2. The van der Waals surface area contributed by atoms with Crippen molar-refractivity contribution in [3.63, 3.8) is 0 Å². The molecule has 1 aromatic heterocycles. The van der Waals surface area contributed by atoms with E-state index >= 15 is 0 Å². The van der Waals surface area contributed by atoms with Crippen LogP contribution in [0.4, 0.5) is 5.69 Å². The van der Waals surface area contributed by atoms with Crippen molar-refractivity contribution in [1.29, 1.82) is 0 Å². The van der Waals surface area contributed by atoms with Crippen molar-refractivity contribution in [3.05, 3.63) is 63.4 Å². The van der Waals surface area contributed by atoms with E-state index in [1.807, 2.05) is 4.98 Å². The highest BCUT2D eigenvalue weighted by atomic mass is 31.3. The van der Waals surface area contributed by atoms with Gasteiger partial charge in [-0.25, -0.2) is 28.3 Å². The molecule has 1 fully saturated rings. The summed E-state index contributed by atoms with van der Waals surface area (Å²) in [4.78, 5) is 67.8. The molecule has 0 spiro atoms. The number of hydrogen-bond donors (Lipinski definition) is 7. The number of hydrogen-bond acceptors (Lipinski definition) is 16. The van der Waals surface area contributed by atoms with Crippen molar-refractivity contribution >= 4 is 42.9 Å². The number of nitrogens with zero attached hydrogens (tertiary/aromatic N) is 1. The molecule has 7 N–H and O–H groups in total. The number of carbonyl (C=O) groups excluding carboxylic acids is 1. The van der Waals surface area contributed by atoms with Crippen LogP contribution >= 0.6 is 31.3 Å². The molecule has 3 rings (SSSR count). The number of para-hydroxylation sites is 1. The summed E-state index contributed by atoms with van der Waals surface area (Å²) >= 11 is 0. The van der Waals surface area contributed by atoms with Crippen LogP contribution in [0.2, 0.25) is 0 Å². The third-order valence-corrected chi connectivity index (χ3v) is 11.8. The molecule has 26 heteroatoms. The minimum absolute atomic E-state index is 0.153. The Morgan fingerprint density at radius 1 is 0.978 bits per heavy atom. The molecule has 0 saturated carbocycles. The van der Waals surface area contributed by atoms with Crippen LogP contribution in [0.25, 0.3) is 0 Å². The zero-order chi connectivity index (χ0) is 34.3. The molecule has 8 atom stereocenters. The highest BCUT2D eigenvalue weighted by molar-refractivity contribution is 7.70. The lowest BCUT2D eigenvalue weighted by molar-refractivity contribution is -0.156. The SMILES string of the molecule is CCCOP(=O)(O)OP(=O)(O)OP(=O)(OO)OP(=O)(O)OC[C@H]1O[C@@H](n2ccc(=O)[nH]c2=O)C(CC(=O)Nc2ccccc2)[C@H]1O. The Balaban J connectivity index is 1.74. The van der Waals surface area contributed by atoms with Gasteiger partial charge in [0.2, 0.25) is 5.91 Å². The number of aromatic amines is 1. The Morgan fingerprint density at radius 2 is 1.61 bits per heavy atom. The van der Waals surface area contributed by atoms with E-state index in [0.29, 0.717) is 5.69 Å². The van der Waals surface area contributed by atoms with E-state index in [1.165, 1.54) is 6.92 Å². The van der Waals surface area contributed by atoms with Gasteiger partial charge in [0.05, 0.1) is 19.3 Å². The van der Waals surface area contributed by atoms with Crippen LogP contribution in [0.1, 0.15) is 26.0 Å². The summed E-state index contributed by atoms with van der Waals surface area (Å²) in [6, 6.07) is 9.06. The Kier molecular flexibility index (Phi) is 13.1. The molecule has 0 radical (unpaired) electrons. The van der Waals surface area contributed by atoms with E-state index in [1.54, 1.807) is 30.3 Å². The van der Waals surface area contributed by atoms with Crippen molar-refractivity contribution in [3.8, 4) is 0 Å². The second-order valence-corrected chi connectivity index (χ2v) is 15.5. The van der Waals surface area contributed by atoms with Gasteiger partial charge in [0.1, 0.15) is 12.3 Å². The Bertz CT molecular complexity index is 1670. The number of nitrogens with one attached hydrogen (secondary N) is 2.